The first-order valence-corrected chi connectivity index (χ1v) is 28.8. The highest BCUT2D eigenvalue weighted by Gasteiger charge is 2.39. The minimum Gasteiger partial charge on any atom is -0.494 e. The van der Waals surface area contributed by atoms with Gasteiger partial charge >= 0.3 is 0 Å². The molecular weight excluding hydrogens is 1010 g/mol. The van der Waals surface area contributed by atoms with E-state index < -0.39 is 20.4 Å². The molecule has 2 aromatic carbocycles. The van der Waals surface area contributed by atoms with Gasteiger partial charge in [-0.15, -0.1) is 43.1 Å². The first kappa shape index (κ1) is 53.7. The number of anilines is 6. The zero-order valence-corrected chi connectivity index (χ0v) is 46.5. The van der Waals surface area contributed by atoms with Crippen LogP contribution in [0.3, 0.4) is 0 Å². The third-order valence-electron chi connectivity index (χ3n) is 13.3. The first-order valence-electron chi connectivity index (χ1n) is 24.8. The molecule has 3 aliphatic rings. The van der Waals surface area contributed by atoms with Crippen LogP contribution < -0.4 is 29.9 Å². The molecule has 0 spiro atoms. The van der Waals surface area contributed by atoms with Gasteiger partial charge in [0.2, 0.25) is 11.9 Å². The molecule has 0 atom stereocenters. The fourth-order valence-corrected chi connectivity index (χ4v) is 14.2. The SMILES string of the molecule is CCN(CC)c1cc(Nc2nc(Nc3cc(N(CC)CC)c(OC)cc3/N=N/c3sc4c(c3S(=O)(=O)O)CC(C)(C)CC4=O)nc(SC3CCCCC3)n2)c(/N=N/c2cc3c(s2)C(=O)CC(C)(C)C3)cc1OC. The van der Waals surface area contributed by atoms with E-state index in [1.165, 1.54) is 17.8 Å². The van der Waals surface area contributed by atoms with E-state index in [4.69, 9.17) is 29.5 Å². The van der Waals surface area contributed by atoms with Gasteiger partial charge in [0.05, 0.1) is 46.7 Å². The number of hydrogen-bond donors (Lipinski definition) is 3. The molecule has 0 saturated heterocycles. The lowest BCUT2D eigenvalue weighted by Gasteiger charge is -2.28. The number of carbonyl (C=O) groups is 2. The highest BCUT2D eigenvalue weighted by atomic mass is 32.2. The van der Waals surface area contributed by atoms with E-state index in [0.29, 0.717) is 71.3 Å². The summed E-state index contributed by atoms with van der Waals surface area (Å²) in [4.78, 5) is 46.2. The van der Waals surface area contributed by atoms with Crippen molar-refractivity contribution in [1.82, 2.24) is 15.0 Å². The lowest BCUT2D eigenvalue weighted by atomic mass is 9.76. The minimum atomic E-state index is -4.81. The van der Waals surface area contributed by atoms with Gasteiger partial charge in [0.1, 0.15) is 32.8 Å². The second-order valence-electron chi connectivity index (χ2n) is 20.1. The number of azo groups is 2. The minimum absolute atomic E-state index is 0.109. The van der Waals surface area contributed by atoms with Gasteiger partial charge in [-0.1, -0.05) is 58.7 Å². The van der Waals surface area contributed by atoms with Crippen molar-refractivity contribution in [2.75, 3.05) is 60.8 Å². The Labute approximate surface area is 440 Å². The van der Waals surface area contributed by atoms with Gasteiger partial charge in [-0.05, 0) is 93.5 Å². The number of nitrogens with one attached hydrogen (secondary N) is 2. The summed E-state index contributed by atoms with van der Waals surface area (Å²) >= 11 is 3.84. The van der Waals surface area contributed by atoms with Crippen molar-refractivity contribution in [2.45, 2.75) is 128 Å². The van der Waals surface area contributed by atoms with E-state index >= 15 is 0 Å². The maximum absolute atomic E-state index is 13.3. The van der Waals surface area contributed by atoms with E-state index in [1.807, 2.05) is 52.0 Å². The molecule has 22 heteroatoms. The Morgan fingerprint density at radius 3 is 1.74 bits per heavy atom. The lowest BCUT2D eigenvalue weighted by molar-refractivity contribution is 0.0907. The van der Waals surface area contributed by atoms with Gasteiger partial charge in [0.15, 0.2) is 21.7 Å². The molecule has 1 saturated carbocycles. The van der Waals surface area contributed by atoms with Crippen molar-refractivity contribution in [3.63, 3.8) is 0 Å². The number of thioether (sulfide) groups is 1. The summed E-state index contributed by atoms with van der Waals surface area (Å²) in [5.74, 6) is 1.39. The number of rotatable bonds is 19. The number of fused-ring (bicyclic) bond motifs is 2. The molecular formula is C51H65N11O7S4. The summed E-state index contributed by atoms with van der Waals surface area (Å²) in [6.45, 7) is 18.9. The molecule has 18 nitrogen and oxygen atoms in total. The average Bonchev–Trinajstić information content (AvgIpc) is 3.92. The maximum atomic E-state index is 13.3. The van der Waals surface area contributed by atoms with Crippen LogP contribution in [0.4, 0.5) is 56.0 Å². The van der Waals surface area contributed by atoms with Crippen LogP contribution in [-0.2, 0) is 23.0 Å². The molecule has 3 N–H and O–H groups in total. The number of aromatic nitrogens is 3. The van der Waals surface area contributed by atoms with Crippen molar-refractivity contribution in [3.8, 4) is 11.5 Å². The van der Waals surface area contributed by atoms with Crippen LogP contribution in [0.1, 0.15) is 131 Å². The normalized spacial score (nSPS) is 16.7. The molecule has 390 valence electrons. The van der Waals surface area contributed by atoms with Crippen molar-refractivity contribution in [2.24, 2.45) is 31.3 Å². The maximum Gasteiger partial charge on any atom is 0.297 e. The van der Waals surface area contributed by atoms with Gasteiger partial charge in [-0.3, -0.25) is 14.1 Å². The highest BCUT2D eigenvalue weighted by Crippen LogP contribution is 2.49. The predicted octanol–water partition coefficient (Wildman–Crippen LogP) is 14.0. The molecule has 1 fully saturated rings. The number of thiophene rings is 2. The number of ketones is 2. The van der Waals surface area contributed by atoms with E-state index in [1.54, 1.807) is 32.0 Å². The molecule has 0 aliphatic heterocycles. The van der Waals surface area contributed by atoms with Crippen LogP contribution >= 0.6 is 34.4 Å². The molecule has 0 radical (unpaired) electrons. The Balaban J connectivity index is 1.24. The van der Waals surface area contributed by atoms with E-state index in [0.717, 1.165) is 65.3 Å². The zero-order valence-electron chi connectivity index (χ0n) is 43.2. The van der Waals surface area contributed by atoms with Gasteiger partial charge in [-0.2, -0.15) is 23.4 Å². The second-order valence-corrected chi connectivity index (χ2v) is 24.7. The molecule has 3 aromatic heterocycles. The number of ether oxygens (including phenoxy) is 2. The molecule has 0 amide bonds. The molecule has 0 bridgehead atoms. The second kappa shape index (κ2) is 22.1. The molecule has 3 aliphatic carbocycles. The molecule has 0 unspecified atom stereocenters. The monoisotopic (exact) mass is 1070 g/mol. The van der Waals surface area contributed by atoms with Crippen LogP contribution in [0, 0.1) is 10.8 Å². The Morgan fingerprint density at radius 2 is 1.22 bits per heavy atom. The Kier molecular flexibility index (Phi) is 16.3. The summed E-state index contributed by atoms with van der Waals surface area (Å²) in [7, 11) is -1.63. The van der Waals surface area contributed by atoms with Gasteiger partial charge < -0.3 is 29.9 Å². The molecule has 73 heavy (non-hydrogen) atoms. The zero-order chi connectivity index (χ0) is 52.4. The Morgan fingerprint density at radius 1 is 0.699 bits per heavy atom. The molecule has 3 heterocycles. The van der Waals surface area contributed by atoms with Gasteiger partial charge in [-0.25, -0.2) is 0 Å². The topological polar surface area (TPSA) is 226 Å². The van der Waals surface area contributed by atoms with Gasteiger partial charge in [0.25, 0.3) is 10.1 Å². The van der Waals surface area contributed by atoms with Crippen LogP contribution in [0.5, 0.6) is 11.5 Å². The van der Waals surface area contributed by atoms with Crippen LogP contribution in [0.15, 0.2) is 60.8 Å². The smallest absolute Gasteiger partial charge is 0.297 e. The number of Topliss-reactive ketones (excluding diaryl/α,β-unsaturated/α-hetero) is 2. The van der Waals surface area contributed by atoms with Crippen LogP contribution in [0.25, 0.3) is 0 Å². The van der Waals surface area contributed by atoms with Crippen molar-refractivity contribution in [3.05, 3.63) is 51.2 Å². The van der Waals surface area contributed by atoms with E-state index in [2.05, 4.69) is 63.5 Å². The van der Waals surface area contributed by atoms with Crippen molar-refractivity contribution < 1.29 is 32.0 Å². The van der Waals surface area contributed by atoms with Crippen molar-refractivity contribution >= 4 is 112 Å². The van der Waals surface area contributed by atoms with E-state index in [9.17, 15) is 22.6 Å². The first-order chi connectivity index (χ1) is 34.7. The van der Waals surface area contributed by atoms with Gasteiger partial charge in [0, 0.05) is 56.4 Å². The lowest BCUT2D eigenvalue weighted by Crippen LogP contribution is -2.26. The Hall–Kier alpha value is -5.55. The standard InChI is InChI=1S/C51H65N11O7S4/c1-11-61(12-2)36-21-32(34(23-40(36)68-9)57-59-42-20-29-25-50(5,6)27-38(63)43(29)71-42)52-47-54-48(56-49(55-47)70-30-18-16-15-17-19-30)53-33-22-37(62(13-3)14-4)41(69-10)24-35(33)58-60-46-45(73(65,66)67)31-26-51(7,8)28-39(64)44(31)72-46/h20-24,30H,11-19,25-28H2,1-10H3,(H,65,66,67)(H2,52,53,54,55,56)/b59-57+,60-58+. The quantitative estimate of drug-likeness (QED) is 0.0516. The van der Waals surface area contributed by atoms with E-state index in [-0.39, 0.29) is 68.1 Å². The number of methoxy groups -OCH3 is 2. The average molecular weight is 1070 g/mol. The summed E-state index contributed by atoms with van der Waals surface area (Å²) < 4.78 is 48.4. The Bertz CT molecular complexity index is 3060. The van der Waals surface area contributed by atoms with Crippen LogP contribution in [-0.4, -0.2) is 85.1 Å². The fraction of sp³-hybridized carbons (Fsp3) is 0.510. The summed E-state index contributed by atoms with van der Waals surface area (Å²) in [5, 5.41) is 26.7. The predicted molar refractivity (Wildman–Crippen MR) is 292 cm³/mol. The fourth-order valence-electron chi connectivity index (χ4n) is 9.86. The number of carbonyl (C=O) groups excluding carboxylic acids is 2. The summed E-state index contributed by atoms with van der Waals surface area (Å²) in [5.41, 5.74) is 3.80. The largest absolute Gasteiger partial charge is 0.494 e. The number of hydrogen-bond acceptors (Lipinski definition) is 20. The van der Waals surface area contributed by atoms with Crippen LogP contribution in [0.2, 0.25) is 0 Å². The number of benzene rings is 2. The highest BCUT2D eigenvalue weighted by molar-refractivity contribution is 7.99. The number of nitrogens with zero attached hydrogens (tertiary/aromatic N) is 9. The molecule has 8 rings (SSSR count). The third-order valence-corrected chi connectivity index (χ3v) is 17.9. The summed E-state index contributed by atoms with van der Waals surface area (Å²) in [6.07, 6.45) is 7.19. The third kappa shape index (κ3) is 12.2. The molecule has 5 aromatic rings. The summed E-state index contributed by atoms with van der Waals surface area (Å²) in [6, 6.07) is 9.28. The van der Waals surface area contributed by atoms with Crippen molar-refractivity contribution in [1.29, 1.82) is 0 Å².